The number of hydrogen-bond acceptors (Lipinski definition) is 4. The van der Waals surface area contributed by atoms with Crippen molar-refractivity contribution in [3.8, 4) is 11.8 Å². The summed E-state index contributed by atoms with van der Waals surface area (Å²) in [6.45, 7) is 6.03. The van der Waals surface area contributed by atoms with Crippen LogP contribution in [0.2, 0.25) is 0 Å². The molecule has 0 aromatic heterocycles. The quantitative estimate of drug-likeness (QED) is 0.696. The highest BCUT2D eigenvalue weighted by molar-refractivity contribution is 8.10. The van der Waals surface area contributed by atoms with Gasteiger partial charge < -0.3 is 0 Å². The maximum absolute atomic E-state index is 13.0. The maximum Gasteiger partial charge on any atom is 0.195 e. The lowest BCUT2D eigenvalue weighted by atomic mass is 9.83. The summed E-state index contributed by atoms with van der Waals surface area (Å²) in [5, 5.41) is 0. The van der Waals surface area contributed by atoms with E-state index in [1.807, 2.05) is 20.8 Å². The standard InChI is InChI=1S/C18H23FO4S2/c1-17(2,3)16-12-24(20,21)18(4,25(22,23)13-16)15-9-7-14(8-10-15)6-5-11-19/h7-10,16H,11-13H2,1-4H3. The molecule has 1 aliphatic heterocycles. The molecule has 138 valence electrons. The molecule has 1 aliphatic rings. The third-order valence-corrected chi connectivity index (χ3v) is 11.0. The van der Waals surface area contributed by atoms with Gasteiger partial charge in [-0.05, 0) is 36.0 Å². The van der Waals surface area contributed by atoms with Gasteiger partial charge in [0.2, 0.25) is 0 Å². The van der Waals surface area contributed by atoms with E-state index in [9.17, 15) is 21.2 Å². The molecule has 1 saturated heterocycles. The molecular formula is C18H23FO4S2. The number of rotatable bonds is 1. The first-order valence-corrected chi connectivity index (χ1v) is 11.3. The predicted octanol–water partition coefficient (Wildman–Crippen LogP) is 2.69. The molecule has 1 aromatic rings. The molecule has 25 heavy (non-hydrogen) atoms. The lowest BCUT2D eigenvalue weighted by Gasteiger charge is -2.41. The van der Waals surface area contributed by atoms with Crippen molar-refractivity contribution < 1.29 is 21.2 Å². The van der Waals surface area contributed by atoms with Crippen molar-refractivity contribution in [2.45, 2.75) is 31.8 Å². The summed E-state index contributed by atoms with van der Waals surface area (Å²) in [7, 11) is -7.86. The molecule has 0 spiro atoms. The van der Waals surface area contributed by atoms with Gasteiger partial charge in [-0.2, -0.15) is 0 Å². The topological polar surface area (TPSA) is 68.3 Å². The lowest BCUT2D eigenvalue weighted by molar-refractivity contribution is 0.282. The number of sulfone groups is 2. The van der Waals surface area contributed by atoms with Gasteiger partial charge in [-0.3, -0.25) is 0 Å². The van der Waals surface area contributed by atoms with Crippen LogP contribution in [0.1, 0.15) is 38.8 Å². The van der Waals surface area contributed by atoms with Crippen LogP contribution < -0.4 is 0 Å². The summed E-state index contributed by atoms with van der Waals surface area (Å²) in [4.78, 5) is 0. The van der Waals surface area contributed by atoms with Gasteiger partial charge in [0.05, 0.1) is 11.5 Å². The summed E-state index contributed by atoms with van der Waals surface area (Å²) in [5.74, 6) is 4.06. The van der Waals surface area contributed by atoms with E-state index in [1.165, 1.54) is 31.2 Å². The van der Waals surface area contributed by atoms with E-state index in [0.29, 0.717) is 5.56 Å². The molecule has 4 nitrogen and oxygen atoms in total. The van der Waals surface area contributed by atoms with Gasteiger partial charge in [-0.25, -0.2) is 21.2 Å². The van der Waals surface area contributed by atoms with Crippen molar-refractivity contribution in [1.82, 2.24) is 0 Å². The van der Waals surface area contributed by atoms with Crippen molar-refractivity contribution in [2.75, 3.05) is 18.2 Å². The Kier molecular flexibility index (Phi) is 5.10. The third kappa shape index (κ3) is 3.47. The van der Waals surface area contributed by atoms with Crippen molar-refractivity contribution in [3.05, 3.63) is 35.4 Å². The van der Waals surface area contributed by atoms with Gasteiger partial charge in [-0.1, -0.05) is 44.7 Å². The van der Waals surface area contributed by atoms with Crippen LogP contribution in [0.5, 0.6) is 0 Å². The maximum atomic E-state index is 13.0. The monoisotopic (exact) mass is 386 g/mol. The minimum absolute atomic E-state index is 0.171. The number of alkyl halides is 1. The highest BCUT2D eigenvalue weighted by atomic mass is 32.3. The Balaban J connectivity index is 2.55. The Morgan fingerprint density at radius 2 is 1.56 bits per heavy atom. The van der Waals surface area contributed by atoms with E-state index in [4.69, 9.17) is 0 Å². The van der Waals surface area contributed by atoms with Crippen LogP contribution in [-0.2, 0) is 23.8 Å². The van der Waals surface area contributed by atoms with Crippen LogP contribution in [-0.4, -0.2) is 35.0 Å². The summed E-state index contributed by atoms with van der Waals surface area (Å²) in [5.41, 5.74) is 0.279. The Morgan fingerprint density at radius 1 is 1.08 bits per heavy atom. The third-order valence-electron chi connectivity index (χ3n) is 4.96. The Hall–Kier alpha value is -1.39. The highest BCUT2D eigenvalue weighted by Crippen LogP contribution is 2.46. The minimum atomic E-state index is -3.93. The van der Waals surface area contributed by atoms with Crippen LogP contribution in [0.3, 0.4) is 0 Å². The molecule has 7 heteroatoms. The second kappa shape index (κ2) is 6.40. The van der Waals surface area contributed by atoms with E-state index >= 15 is 0 Å². The van der Waals surface area contributed by atoms with Crippen LogP contribution in [0, 0.1) is 23.2 Å². The SMILES string of the molecule is CC(C)(C)C1CS(=O)(=O)C(C)(c2ccc(C#CCF)cc2)S(=O)(=O)C1. The van der Waals surface area contributed by atoms with E-state index in [-0.39, 0.29) is 17.1 Å². The second-order valence-electron chi connectivity index (χ2n) is 7.58. The molecule has 0 aliphatic carbocycles. The van der Waals surface area contributed by atoms with E-state index in [0.717, 1.165) is 0 Å². The van der Waals surface area contributed by atoms with Crippen LogP contribution >= 0.6 is 0 Å². The van der Waals surface area contributed by atoms with Crippen LogP contribution in [0.25, 0.3) is 0 Å². The first-order valence-electron chi connectivity index (χ1n) is 7.95. The van der Waals surface area contributed by atoms with E-state index < -0.39 is 41.8 Å². The summed E-state index contributed by atoms with van der Waals surface area (Å²) in [6, 6.07) is 5.94. The average molecular weight is 387 g/mol. The minimum Gasteiger partial charge on any atom is -0.237 e. The van der Waals surface area contributed by atoms with Crippen LogP contribution in [0.15, 0.2) is 24.3 Å². The number of benzene rings is 1. The van der Waals surface area contributed by atoms with E-state index in [2.05, 4.69) is 11.8 Å². The van der Waals surface area contributed by atoms with E-state index in [1.54, 1.807) is 0 Å². The average Bonchev–Trinajstić information content (AvgIpc) is 2.49. The van der Waals surface area contributed by atoms with Crippen molar-refractivity contribution in [2.24, 2.45) is 11.3 Å². The summed E-state index contributed by atoms with van der Waals surface area (Å²) < 4.78 is 62.0. The molecule has 0 atom stereocenters. The molecule has 2 rings (SSSR count). The zero-order valence-corrected chi connectivity index (χ0v) is 16.5. The van der Waals surface area contributed by atoms with Gasteiger partial charge in [0, 0.05) is 5.56 Å². The molecule has 0 bridgehead atoms. The van der Waals surface area contributed by atoms with Crippen molar-refractivity contribution in [3.63, 3.8) is 0 Å². The van der Waals surface area contributed by atoms with Crippen molar-refractivity contribution in [1.29, 1.82) is 0 Å². The van der Waals surface area contributed by atoms with Crippen LogP contribution in [0.4, 0.5) is 4.39 Å². The van der Waals surface area contributed by atoms with Gasteiger partial charge in [0.15, 0.2) is 30.4 Å². The Labute approximate surface area is 149 Å². The fraction of sp³-hybridized carbons (Fsp3) is 0.556. The summed E-state index contributed by atoms with van der Waals surface area (Å²) >= 11 is 0. The molecule has 1 aromatic carbocycles. The smallest absolute Gasteiger partial charge is 0.195 e. The molecule has 0 N–H and O–H groups in total. The number of halogens is 1. The molecule has 0 saturated carbocycles. The molecule has 1 heterocycles. The predicted molar refractivity (Wildman–Crippen MR) is 97.2 cm³/mol. The van der Waals surface area contributed by atoms with Gasteiger partial charge in [-0.15, -0.1) is 0 Å². The zero-order valence-electron chi connectivity index (χ0n) is 14.8. The van der Waals surface area contributed by atoms with Gasteiger partial charge >= 0.3 is 0 Å². The second-order valence-corrected chi connectivity index (χ2v) is 12.6. The summed E-state index contributed by atoms with van der Waals surface area (Å²) in [6.07, 6.45) is 0. The molecule has 0 radical (unpaired) electrons. The molecule has 0 amide bonds. The molecule has 1 fully saturated rings. The number of hydrogen-bond donors (Lipinski definition) is 0. The first kappa shape index (κ1) is 19.9. The fourth-order valence-corrected chi connectivity index (χ4v) is 8.97. The zero-order chi connectivity index (χ0) is 19.1. The van der Waals surface area contributed by atoms with Gasteiger partial charge in [0.25, 0.3) is 0 Å². The van der Waals surface area contributed by atoms with Gasteiger partial charge in [0.1, 0.15) is 0 Å². The molecular weight excluding hydrogens is 363 g/mol. The molecule has 0 unspecified atom stereocenters. The largest absolute Gasteiger partial charge is 0.237 e. The highest BCUT2D eigenvalue weighted by Gasteiger charge is 2.58. The Bertz CT molecular complexity index is 876. The normalized spacial score (nSPS) is 28.0. The fourth-order valence-electron chi connectivity index (χ4n) is 2.94. The Morgan fingerprint density at radius 3 is 1.96 bits per heavy atom. The lowest BCUT2D eigenvalue weighted by Crippen LogP contribution is -2.53. The van der Waals surface area contributed by atoms with Crippen molar-refractivity contribution >= 4 is 19.7 Å². The first-order chi connectivity index (χ1) is 11.3.